The minimum absolute atomic E-state index is 0.197. The Labute approximate surface area is 116 Å². The van der Waals surface area contributed by atoms with Crippen molar-refractivity contribution >= 4 is 21.7 Å². The number of hydrogen-bond acceptors (Lipinski definition) is 1. The summed E-state index contributed by atoms with van der Waals surface area (Å²) in [6.07, 6.45) is -0.522. The van der Waals surface area contributed by atoms with E-state index in [9.17, 15) is 18.0 Å². The summed E-state index contributed by atoms with van der Waals surface area (Å²) in [5.74, 6) is -3.03. The zero-order chi connectivity index (χ0) is 14.0. The summed E-state index contributed by atoms with van der Waals surface area (Å²) < 4.78 is 40.8. The third-order valence-electron chi connectivity index (χ3n) is 2.63. The fourth-order valence-corrected chi connectivity index (χ4v) is 2.03. The van der Waals surface area contributed by atoms with Gasteiger partial charge in [0.2, 0.25) is 0 Å². The van der Waals surface area contributed by atoms with Gasteiger partial charge in [-0.1, -0.05) is 22.0 Å². The first-order valence-corrected chi connectivity index (χ1v) is 6.19. The van der Waals surface area contributed by atoms with E-state index in [4.69, 9.17) is 0 Å². The van der Waals surface area contributed by atoms with Crippen molar-refractivity contribution in [1.82, 2.24) is 0 Å². The Kier molecular flexibility index (Phi) is 4.04. The Morgan fingerprint density at radius 2 is 1.63 bits per heavy atom. The quantitative estimate of drug-likeness (QED) is 0.768. The molecule has 0 bridgehead atoms. The fraction of sp³-hybridized carbons (Fsp3) is 0.0714. The van der Waals surface area contributed by atoms with Gasteiger partial charge >= 0.3 is 0 Å². The van der Waals surface area contributed by atoms with Gasteiger partial charge < -0.3 is 0 Å². The van der Waals surface area contributed by atoms with Gasteiger partial charge in [0, 0.05) is 16.5 Å². The molecular formula is C14H8BrF3O. The van der Waals surface area contributed by atoms with Crippen LogP contribution in [0.15, 0.2) is 40.9 Å². The maximum absolute atomic E-state index is 13.5. The van der Waals surface area contributed by atoms with E-state index >= 15 is 0 Å². The molecule has 0 N–H and O–H groups in total. The van der Waals surface area contributed by atoms with Gasteiger partial charge in [0.15, 0.2) is 5.78 Å². The van der Waals surface area contributed by atoms with Gasteiger partial charge in [-0.2, -0.15) is 0 Å². The summed E-state index contributed by atoms with van der Waals surface area (Å²) in [5, 5.41) is 0. The number of ketones is 1. The molecule has 0 saturated carbocycles. The molecular weight excluding hydrogens is 321 g/mol. The number of rotatable bonds is 3. The van der Waals surface area contributed by atoms with Crippen molar-refractivity contribution in [2.75, 3.05) is 0 Å². The van der Waals surface area contributed by atoms with Gasteiger partial charge in [-0.05, 0) is 30.3 Å². The zero-order valence-electron chi connectivity index (χ0n) is 9.59. The first kappa shape index (κ1) is 13.8. The van der Waals surface area contributed by atoms with Crippen LogP contribution in [0.4, 0.5) is 13.2 Å². The van der Waals surface area contributed by atoms with Crippen LogP contribution in [0.3, 0.4) is 0 Å². The molecule has 5 heteroatoms. The van der Waals surface area contributed by atoms with Crippen molar-refractivity contribution in [3.8, 4) is 0 Å². The number of Topliss-reactive ketones (excluding diaryl/α,β-unsaturated/α-hetero) is 1. The van der Waals surface area contributed by atoms with Gasteiger partial charge in [-0.25, -0.2) is 13.2 Å². The van der Waals surface area contributed by atoms with E-state index in [-0.39, 0.29) is 11.1 Å². The molecule has 0 amide bonds. The van der Waals surface area contributed by atoms with Crippen molar-refractivity contribution in [2.24, 2.45) is 0 Å². The lowest BCUT2D eigenvalue weighted by Gasteiger charge is -2.06. The van der Waals surface area contributed by atoms with Gasteiger partial charge in [-0.3, -0.25) is 4.79 Å². The van der Waals surface area contributed by atoms with Crippen LogP contribution in [-0.4, -0.2) is 5.78 Å². The van der Waals surface area contributed by atoms with Crippen molar-refractivity contribution in [1.29, 1.82) is 0 Å². The number of carbonyl (C=O) groups excluding carboxylic acids is 1. The van der Waals surface area contributed by atoms with Crippen LogP contribution >= 0.6 is 15.9 Å². The lowest BCUT2D eigenvalue weighted by atomic mass is 10.0. The summed E-state index contributed by atoms with van der Waals surface area (Å²) in [4.78, 5) is 11.9. The van der Waals surface area contributed by atoms with Crippen molar-refractivity contribution in [3.05, 3.63) is 69.4 Å². The second kappa shape index (κ2) is 5.57. The first-order chi connectivity index (χ1) is 8.99. The molecule has 0 radical (unpaired) electrons. The first-order valence-electron chi connectivity index (χ1n) is 5.40. The van der Waals surface area contributed by atoms with Crippen LogP contribution in [-0.2, 0) is 6.42 Å². The standard InChI is InChI=1S/C14H8BrF3O/c15-8-4-5-13(18)10(6-8)14(19)7-9-11(16)2-1-3-12(9)17/h1-6H,7H2. The highest BCUT2D eigenvalue weighted by molar-refractivity contribution is 9.10. The van der Waals surface area contributed by atoms with Crippen molar-refractivity contribution in [3.63, 3.8) is 0 Å². The number of carbonyl (C=O) groups is 1. The largest absolute Gasteiger partial charge is 0.294 e. The predicted molar refractivity (Wildman–Crippen MR) is 68.5 cm³/mol. The summed E-state index contributed by atoms with van der Waals surface area (Å²) >= 11 is 3.11. The molecule has 2 aromatic rings. The Morgan fingerprint density at radius 1 is 1.00 bits per heavy atom. The van der Waals surface area contributed by atoms with Gasteiger partial charge in [0.1, 0.15) is 17.5 Å². The molecule has 0 saturated heterocycles. The SMILES string of the molecule is O=C(Cc1c(F)cccc1F)c1cc(Br)ccc1F. The lowest BCUT2D eigenvalue weighted by Crippen LogP contribution is -2.09. The number of hydrogen-bond donors (Lipinski definition) is 0. The highest BCUT2D eigenvalue weighted by Gasteiger charge is 2.17. The predicted octanol–water partition coefficient (Wildman–Crippen LogP) is 4.29. The topological polar surface area (TPSA) is 17.1 Å². The van der Waals surface area contributed by atoms with E-state index < -0.39 is 29.7 Å². The number of halogens is 4. The van der Waals surface area contributed by atoms with Crippen LogP contribution in [0.5, 0.6) is 0 Å². The molecule has 2 aromatic carbocycles. The normalized spacial score (nSPS) is 10.5. The smallest absolute Gasteiger partial charge is 0.170 e. The lowest BCUT2D eigenvalue weighted by molar-refractivity contribution is 0.0986. The van der Waals surface area contributed by atoms with Crippen LogP contribution in [0, 0.1) is 17.5 Å². The average Bonchev–Trinajstić information content (AvgIpc) is 2.37. The van der Waals surface area contributed by atoms with Gasteiger partial charge in [-0.15, -0.1) is 0 Å². The number of benzene rings is 2. The molecule has 1 nitrogen and oxygen atoms in total. The Balaban J connectivity index is 2.34. The Bertz CT molecular complexity index is 620. The summed E-state index contributed by atoms with van der Waals surface area (Å²) in [7, 11) is 0. The maximum Gasteiger partial charge on any atom is 0.170 e. The van der Waals surface area contributed by atoms with E-state index in [1.54, 1.807) is 0 Å². The minimum atomic E-state index is -0.816. The molecule has 0 aliphatic carbocycles. The summed E-state index contributed by atoms with van der Waals surface area (Å²) in [6, 6.07) is 7.17. The summed E-state index contributed by atoms with van der Waals surface area (Å²) in [5.41, 5.74) is -0.552. The molecule has 0 aliphatic rings. The third-order valence-corrected chi connectivity index (χ3v) is 3.12. The molecule has 0 heterocycles. The summed E-state index contributed by atoms with van der Waals surface area (Å²) in [6.45, 7) is 0. The molecule has 0 unspecified atom stereocenters. The van der Waals surface area contributed by atoms with E-state index in [1.807, 2.05) is 0 Å². The molecule has 2 rings (SSSR count). The van der Waals surface area contributed by atoms with Crippen LogP contribution in [0.1, 0.15) is 15.9 Å². The third kappa shape index (κ3) is 3.04. The van der Waals surface area contributed by atoms with E-state index in [0.29, 0.717) is 4.47 Å². The zero-order valence-corrected chi connectivity index (χ0v) is 11.2. The average molecular weight is 329 g/mol. The molecule has 0 spiro atoms. The highest BCUT2D eigenvalue weighted by Crippen LogP contribution is 2.19. The molecule has 98 valence electrons. The monoisotopic (exact) mass is 328 g/mol. The van der Waals surface area contributed by atoms with E-state index in [2.05, 4.69) is 15.9 Å². The maximum atomic E-state index is 13.5. The second-order valence-corrected chi connectivity index (χ2v) is 4.84. The Hall–Kier alpha value is -1.62. The highest BCUT2D eigenvalue weighted by atomic mass is 79.9. The molecule has 0 atom stereocenters. The Morgan fingerprint density at radius 3 is 2.26 bits per heavy atom. The molecule has 0 fully saturated rings. The van der Waals surface area contributed by atoms with Crippen molar-refractivity contribution < 1.29 is 18.0 Å². The van der Waals surface area contributed by atoms with Crippen LogP contribution in [0.2, 0.25) is 0 Å². The van der Waals surface area contributed by atoms with E-state index in [1.165, 1.54) is 18.2 Å². The van der Waals surface area contributed by atoms with Crippen LogP contribution in [0.25, 0.3) is 0 Å². The van der Waals surface area contributed by atoms with Crippen LogP contribution < -0.4 is 0 Å². The van der Waals surface area contributed by atoms with E-state index in [0.717, 1.165) is 18.2 Å². The molecule has 19 heavy (non-hydrogen) atoms. The molecule has 0 aliphatic heterocycles. The van der Waals surface area contributed by atoms with Gasteiger partial charge in [0.05, 0.1) is 5.56 Å². The molecule has 0 aromatic heterocycles. The second-order valence-electron chi connectivity index (χ2n) is 3.92. The van der Waals surface area contributed by atoms with Crippen molar-refractivity contribution in [2.45, 2.75) is 6.42 Å². The van der Waals surface area contributed by atoms with Gasteiger partial charge in [0.25, 0.3) is 0 Å². The fourth-order valence-electron chi connectivity index (χ4n) is 1.67. The minimum Gasteiger partial charge on any atom is -0.294 e.